The molecule has 1 rings (SSSR count). The van der Waals surface area contributed by atoms with Gasteiger partial charge in [0, 0.05) is 0 Å². The summed E-state index contributed by atoms with van der Waals surface area (Å²) in [5.41, 5.74) is 0.684. The normalized spacial score (nSPS) is 35.4. The molecule has 1 saturated heterocycles. The van der Waals surface area contributed by atoms with E-state index in [2.05, 4.69) is 40.0 Å². The zero-order chi connectivity index (χ0) is 10.1. The van der Waals surface area contributed by atoms with Gasteiger partial charge in [-0.05, 0) is 38.4 Å². The van der Waals surface area contributed by atoms with Crippen LogP contribution in [0.4, 0.5) is 0 Å². The Morgan fingerprint density at radius 2 is 2.15 bits per heavy atom. The first-order valence-corrected chi connectivity index (χ1v) is 7.92. The van der Waals surface area contributed by atoms with Gasteiger partial charge < -0.3 is 4.43 Å². The van der Waals surface area contributed by atoms with Gasteiger partial charge in [0.15, 0.2) is 8.32 Å². The van der Waals surface area contributed by atoms with Crippen LogP contribution >= 0.6 is 0 Å². The highest BCUT2D eigenvalue weighted by molar-refractivity contribution is 6.74. The van der Waals surface area contributed by atoms with Crippen molar-refractivity contribution in [1.82, 2.24) is 0 Å². The molecule has 13 heavy (non-hydrogen) atoms. The van der Waals surface area contributed by atoms with Crippen molar-refractivity contribution in [3.05, 3.63) is 12.7 Å². The van der Waals surface area contributed by atoms with E-state index in [1.165, 1.54) is 18.9 Å². The molecule has 1 aliphatic heterocycles. The molecule has 0 aliphatic carbocycles. The van der Waals surface area contributed by atoms with E-state index in [4.69, 9.17) is 4.43 Å². The van der Waals surface area contributed by atoms with Gasteiger partial charge in [-0.15, -0.1) is 6.58 Å². The fraction of sp³-hybridized carbons (Fsp3) is 0.818. The minimum absolute atomic E-state index is 0.108. The molecule has 0 saturated carbocycles. The number of allylic oxidation sites excluding steroid dienone is 1. The van der Waals surface area contributed by atoms with Crippen LogP contribution in [0.25, 0.3) is 0 Å². The highest BCUT2D eigenvalue weighted by Crippen LogP contribution is 2.39. The van der Waals surface area contributed by atoms with Crippen molar-refractivity contribution in [1.29, 1.82) is 0 Å². The molecule has 0 bridgehead atoms. The Morgan fingerprint density at radius 1 is 1.54 bits per heavy atom. The summed E-state index contributed by atoms with van der Waals surface area (Å²) >= 11 is 0. The van der Waals surface area contributed by atoms with Crippen LogP contribution < -0.4 is 0 Å². The average molecular weight is 198 g/mol. The van der Waals surface area contributed by atoms with E-state index in [9.17, 15) is 0 Å². The van der Waals surface area contributed by atoms with Crippen molar-refractivity contribution in [2.45, 2.75) is 57.3 Å². The van der Waals surface area contributed by atoms with E-state index in [1.807, 2.05) is 0 Å². The SMILES string of the molecule is C=CC(C)[Si]1(C)CCCC(C)(C)O1. The summed E-state index contributed by atoms with van der Waals surface area (Å²) in [6.07, 6.45) is 4.60. The van der Waals surface area contributed by atoms with E-state index in [1.54, 1.807) is 0 Å². The Labute approximate surface area is 83.3 Å². The Balaban J connectivity index is 2.73. The smallest absolute Gasteiger partial charge is 0.196 e. The van der Waals surface area contributed by atoms with Gasteiger partial charge in [0.2, 0.25) is 0 Å². The van der Waals surface area contributed by atoms with Crippen LogP contribution in [0.15, 0.2) is 12.7 Å². The van der Waals surface area contributed by atoms with Crippen LogP contribution in [0.2, 0.25) is 18.1 Å². The Hall–Kier alpha value is -0.0831. The maximum Gasteiger partial charge on any atom is 0.196 e. The summed E-state index contributed by atoms with van der Waals surface area (Å²) in [7, 11) is -1.49. The summed E-state index contributed by atoms with van der Waals surface area (Å²) in [6.45, 7) is 12.9. The van der Waals surface area contributed by atoms with Crippen LogP contribution in [0, 0.1) is 0 Å². The second-order valence-corrected chi connectivity index (χ2v) is 9.29. The molecule has 2 heteroatoms. The van der Waals surface area contributed by atoms with Gasteiger partial charge in [0.1, 0.15) is 0 Å². The van der Waals surface area contributed by atoms with E-state index in [0.717, 1.165) is 0 Å². The van der Waals surface area contributed by atoms with Crippen molar-refractivity contribution in [2.75, 3.05) is 0 Å². The second kappa shape index (κ2) is 3.58. The van der Waals surface area contributed by atoms with Crippen molar-refractivity contribution >= 4 is 8.32 Å². The Morgan fingerprint density at radius 3 is 2.62 bits per heavy atom. The third-order valence-corrected chi connectivity index (χ3v) is 7.81. The van der Waals surface area contributed by atoms with Gasteiger partial charge in [0.25, 0.3) is 0 Å². The molecule has 76 valence electrons. The van der Waals surface area contributed by atoms with Crippen molar-refractivity contribution < 1.29 is 4.43 Å². The lowest BCUT2D eigenvalue weighted by Gasteiger charge is -2.44. The predicted octanol–water partition coefficient (Wildman–Crippen LogP) is 3.73. The first-order valence-electron chi connectivity index (χ1n) is 5.22. The first-order chi connectivity index (χ1) is 5.90. The highest BCUT2D eigenvalue weighted by atomic mass is 28.4. The van der Waals surface area contributed by atoms with Gasteiger partial charge in [-0.3, -0.25) is 0 Å². The quantitative estimate of drug-likeness (QED) is 0.485. The zero-order valence-corrected chi connectivity index (χ0v) is 10.4. The van der Waals surface area contributed by atoms with Crippen LogP contribution in [0.3, 0.4) is 0 Å². The van der Waals surface area contributed by atoms with Crippen LogP contribution in [0.5, 0.6) is 0 Å². The van der Waals surface area contributed by atoms with E-state index in [0.29, 0.717) is 5.54 Å². The van der Waals surface area contributed by atoms with Gasteiger partial charge in [0.05, 0.1) is 5.60 Å². The molecule has 0 amide bonds. The van der Waals surface area contributed by atoms with Crippen LogP contribution in [-0.4, -0.2) is 13.9 Å². The van der Waals surface area contributed by atoms with Crippen molar-refractivity contribution in [3.63, 3.8) is 0 Å². The minimum atomic E-state index is -1.49. The lowest BCUT2D eigenvalue weighted by molar-refractivity contribution is 0.0683. The Kier molecular flexibility index (Phi) is 3.03. The summed E-state index contributed by atoms with van der Waals surface area (Å²) in [4.78, 5) is 0. The summed E-state index contributed by atoms with van der Waals surface area (Å²) in [6, 6.07) is 1.30. The molecule has 2 unspecified atom stereocenters. The van der Waals surface area contributed by atoms with Gasteiger partial charge in [-0.1, -0.05) is 19.4 Å². The fourth-order valence-electron chi connectivity index (χ4n) is 2.17. The molecule has 1 nitrogen and oxygen atoms in total. The number of hydrogen-bond donors (Lipinski definition) is 0. The molecule has 0 aromatic carbocycles. The molecular formula is C11H22OSi. The van der Waals surface area contributed by atoms with Gasteiger partial charge in [-0.2, -0.15) is 0 Å². The van der Waals surface area contributed by atoms with E-state index >= 15 is 0 Å². The second-order valence-electron chi connectivity index (χ2n) is 5.05. The standard InChI is InChI=1S/C11H22OSi/c1-6-10(2)13(5)9-7-8-11(3,4)12-13/h6,10H,1,7-9H2,2-5H3. The number of rotatable bonds is 2. The van der Waals surface area contributed by atoms with Crippen molar-refractivity contribution in [3.8, 4) is 0 Å². The molecular weight excluding hydrogens is 176 g/mol. The zero-order valence-electron chi connectivity index (χ0n) is 9.39. The monoisotopic (exact) mass is 198 g/mol. The predicted molar refractivity (Wildman–Crippen MR) is 60.4 cm³/mol. The molecule has 0 aromatic rings. The maximum absolute atomic E-state index is 6.28. The third-order valence-electron chi connectivity index (χ3n) is 3.28. The van der Waals surface area contributed by atoms with E-state index < -0.39 is 8.32 Å². The lowest BCUT2D eigenvalue weighted by atomic mass is 10.0. The lowest BCUT2D eigenvalue weighted by Crippen LogP contribution is -2.49. The van der Waals surface area contributed by atoms with Crippen LogP contribution in [-0.2, 0) is 4.43 Å². The molecule has 0 aromatic heterocycles. The summed E-state index contributed by atoms with van der Waals surface area (Å²) in [5.74, 6) is 0. The number of hydrogen-bond acceptors (Lipinski definition) is 1. The summed E-state index contributed by atoms with van der Waals surface area (Å²) in [5, 5.41) is 0. The Bertz CT molecular complexity index is 200. The van der Waals surface area contributed by atoms with Gasteiger partial charge in [-0.25, -0.2) is 0 Å². The van der Waals surface area contributed by atoms with Gasteiger partial charge >= 0.3 is 0 Å². The average Bonchev–Trinajstić information content (AvgIpc) is 2.00. The third kappa shape index (κ3) is 2.44. The topological polar surface area (TPSA) is 9.23 Å². The fourth-order valence-corrected chi connectivity index (χ4v) is 5.65. The molecule has 1 aliphatic rings. The summed E-state index contributed by atoms with van der Waals surface area (Å²) < 4.78 is 6.28. The first kappa shape index (κ1) is 11.0. The van der Waals surface area contributed by atoms with Crippen molar-refractivity contribution in [2.24, 2.45) is 0 Å². The largest absolute Gasteiger partial charge is 0.412 e. The van der Waals surface area contributed by atoms with E-state index in [-0.39, 0.29) is 5.60 Å². The molecule has 2 atom stereocenters. The molecule has 0 radical (unpaired) electrons. The highest BCUT2D eigenvalue weighted by Gasteiger charge is 2.42. The van der Waals surface area contributed by atoms with Crippen LogP contribution in [0.1, 0.15) is 33.6 Å². The maximum atomic E-state index is 6.28. The molecule has 1 fully saturated rings. The minimum Gasteiger partial charge on any atom is -0.412 e. The molecule has 0 spiro atoms. The molecule has 1 heterocycles. The molecule has 0 N–H and O–H groups in total.